The zero-order valence-corrected chi connectivity index (χ0v) is 14.4. The number of hydrogen-bond acceptors (Lipinski definition) is 2. The SMILES string of the molecule is C=C1CC[C@@H]2[C@@H]([C@@H]3[C@H]1CC[C@]3(C)O)[C@@]2(C)CCC=C(C)CO. The van der Waals surface area contributed by atoms with Crippen molar-refractivity contribution in [3.8, 4) is 0 Å². The predicted octanol–water partition coefficient (Wildman–Crippen LogP) is 4.08. The van der Waals surface area contributed by atoms with Crippen molar-refractivity contribution < 1.29 is 10.2 Å². The Hall–Kier alpha value is -0.600. The molecule has 0 bridgehead atoms. The first-order valence-corrected chi connectivity index (χ1v) is 8.98. The molecule has 2 heteroatoms. The Kier molecular flexibility index (Phi) is 4.06. The van der Waals surface area contributed by atoms with Crippen LogP contribution in [0.3, 0.4) is 0 Å². The number of rotatable bonds is 4. The largest absolute Gasteiger partial charge is 0.392 e. The summed E-state index contributed by atoms with van der Waals surface area (Å²) in [5.41, 5.74) is 2.34. The van der Waals surface area contributed by atoms with E-state index in [0.717, 1.165) is 37.2 Å². The molecule has 0 amide bonds. The van der Waals surface area contributed by atoms with Crippen molar-refractivity contribution in [3.05, 3.63) is 23.8 Å². The molecule has 6 atom stereocenters. The highest BCUT2D eigenvalue weighted by molar-refractivity contribution is 5.24. The lowest BCUT2D eigenvalue weighted by molar-refractivity contribution is -0.00230. The van der Waals surface area contributed by atoms with Gasteiger partial charge in [-0.25, -0.2) is 0 Å². The fraction of sp³-hybridized carbons (Fsp3) is 0.800. The molecule has 0 aromatic carbocycles. The molecule has 0 spiro atoms. The number of fused-ring (bicyclic) bond motifs is 3. The second-order valence-electron chi connectivity index (χ2n) is 8.61. The molecule has 2 nitrogen and oxygen atoms in total. The maximum Gasteiger partial charge on any atom is 0.0656 e. The van der Waals surface area contributed by atoms with Crippen LogP contribution in [0.2, 0.25) is 0 Å². The van der Waals surface area contributed by atoms with Crippen molar-refractivity contribution in [1.29, 1.82) is 0 Å². The zero-order chi connectivity index (χ0) is 16.1. The van der Waals surface area contributed by atoms with Gasteiger partial charge >= 0.3 is 0 Å². The highest BCUT2D eigenvalue weighted by Gasteiger charge is 2.68. The van der Waals surface area contributed by atoms with Gasteiger partial charge in [0.1, 0.15) is 0 Å². The topological polar surface area (TPSA) is 40.5 Å². The van der Waals surface area contributed by atoms with Crippen LogP contribution < -0.4 is 0 Å². The summed E-state index contributed by atoms with van der Waals surface area (Å²) in [6, 6.07) is 0. The molecule has 0 aliphatic heterocycles. The number of aliphatic hydroxyl groups is 2. The Balaban J connectivity index is 1.76. The van der Waals surface area contributed by atoms with E-state index in [1.807, 2.05) is 6.92 Å². The zero-order valence-electron chi connectivity index (χ0n) is 14.4. The van der Waals surface area contributed by atoms with Crippen molar-refractivity contribution in [2.75, 3.05) is 6.61 Å². The number of hydrogen-bond donors (Lipinski definition) is 2. The molecule has 0 radical (unpaired) electrons. The third kappa shape index (κ3) is 2.49. The minimum Gasteiger partial charge on any atom is -0.392 e. The van der Waals surface area contributed by atoms with Crippen molar-refractivity contribution >= 4 is 0 Å². The minimum absolute atomic E-state index is 0.169. The molecule has 0 saturated heterocycles. The first kappa shape index (κ1) is 16.3. The Morgan fingerprint density at radius 1 is 1.32 bits per heavy atom. The van der Waals surface area contributed by atoms with Crippen molar-refractivity contribution in [2.24, 2.45) is 29.1 Å². The van der Waals surface area contributed by atoms with Gasteiger partial charge in [0.05, 0.1) is 12.2 Å². The van der Waals surface area contributed by atoms with Crippen LogP contribution in [0.15, 0.2) is 23.8 Å². The van der Waals surface area contributed by atoms with Gasteiger partial charge in [0.2, 0.25) is 0 Å². The van der Waals surface area contributed by atoms with E-state index in [4.69, 9.17) is 5.11 Å². The van der Waals surface area contributed by atoms with Crippen LogP contribution in [-0.4, -0.2) is 22.4 Å². The van der Waals surface area contributed by atoms with Crippen molar-refractivity contribution in [1.82, 2.24) is 0 Å². The molecule has 0 heterocycles. The molecular weight excluding hydrogens is 272 g/mol. The van der Waals surface area contributed by atoms with Gasteiger partial charge < -0.3 is 10.2 Å². The molecule has 3 saturated carbocycles. The quantitative estimate of drug-likeness (QED) is 0.768. The number of aliphatic hydroxyl groups excluding tert-OH is 1. The van der Waals surface area contributed by atoms with Crippen LogP contribution in [-0.2, 0) is 0 Å². The lowest BCUT2D eigenvalue weighted by Gasteiger charge is -2.32. The molecule has 2 N–H and O–H groups in total. The monoisotopic (exact) mass is 304 g/mol. The van der Waals surface area contributed by atoms with Gasteiger partial charge in [0, 0.05) is 0 Å². The summed E-state index contributed by atoms with van der Waals surface area (Å²) < 4.78 is 0. The van der Waals surface area contributed by atoms with E-state index in [-0.39, 0.29) is 6.61 Å². The molecule has 22 heavy (non-hydrogen) atoms. The standard InChI is InChI=1S/C20H32O2/c1-13(12-21)6-5-10-19(3)16-8-7-14(2)15-9-11-20(4,22)17(15)18(16)19/h6,15-18,21-22H,2,5,7-12H2,1,3-4H3/t15-,16+,17-,18-,19-,20-/m0/s1. The molecular formula is C20H32O2. The Bertz CT molecular complexity index is 490. The smallest absolute Gasteiger partial charge is 0.0656 e. The predicted molar refractivity (Wildman–Crippen MR) is 90.4 cm³/mol. The summed E-state index contributed by atoms with van der Waals surface area (Å²) in [6.45, 7) is 11.0. The van der Waals surface area contributed by atoms with Gasteiger partial charge in [-0.05, 0) is 81.5 Å². The summed E-state index contributed by atoms with van der Waals surface area (Å²) in [5.74, 6) is 2.38. The highest BCUT2D eigenvalue weighted by Crippen LogP contribution is 2.73. The van der Waals surface area contributed by atoms with Crippen LogP contribution in [0, 0.1) is 29.1 Å². The van der Waals surface area contributed by atoms with Crippen molar-refractivity contribution in [2.45, 2.75) is 64.9 Å². The van der Waals surface area contributed by atoms with Crippen LogP contribution in [0.5, 0.6) is 0 Å². The Morgan fingerprint density at radius 3 is 2.73 bits per heavy atom. The van der Waals surface area contributed by atoms with Gasteiger partial charge in [-0.2, -0.15) is 0 Å². The van der Waals surface area contributed by atoms with Gasteiger partial charge in [-0.1, -0.05) is 30.7 Å². The summed E-state index contributed by atoms with van der Waals surface area (Å²) in [5, 5.41) is 20.1. The first-order valence-electron chi connectivity index (χ1n) is 8.98. The van der Waals surface area contributed by atoms with Gasteiger partial charge in [0.25, 0.3) is 0 Å². The van der Waals surface area contributed by atoms with Crippen LogP contribution >= 0.6 is 0 Å². The fourth-order valence-corrected chi connectivity index (χ4v) is 5.76. The lowest BCUT2D eigenvalue weighted by atomic mass is 9.76. The fourth-order valence-electron chi connectivity index (χ4n) is 5.76. The second-order valence-corrected chi connectivity index (χ2v) is 8.61. The molecule has 0 unspecified atom stereocenters. The molecule has 3 aliphatic rings. The molecule has 124 valence electrons. The third-order valence-electron chi connectivity index (χ3n) is 7.16. The van der Waals surface area contributed by atoms with Gasteiger partial charge in [-0.3, -0.25) is 0 Å². The molecule has 3 fully saturated rings. The van der Waals surface area contributed by atoms with Crippen LogP contribution in [0.1, 0.15) is 59.3 Å². The van der Waals surface area contributed by atoms with E-state index in [1.165, 1.54) is 18.4 Å². The van der Waals surface area contributed by atoms with E-state index >= 15 is 0 Å². The average molecular weight is 304 g/mol. The van der Waals surface area contributed by atoms with E-state index < -0.39 is 5.60 Å². The second kappa shape index (κ2) is 5.49. The van der Waals surface area contributed by atoms with Crippen molar-refractivity contribution in [3.63, 3.8) is 0 Å². The summed E-state index contributed by atoms with van der Waals surface area (Å²) in [7, 11) is 0. The minimum atomic E-state index is -0.504. The third-order valence-corrected chi connectivity index (χ3v) is 7.16. The van der Waals surface area contributed by atoms with E-state index in [1.54, 1.807) is 0 Å². The van der Waals surface area contributed by atoms with Crippen LogP contribution in [0.25, 0.3) is 0 Å². The molecule has 0 aromatic rings. The molecule has 3 rings (SSSR count). The molecule has 0 aromatic heterocycles. The van der Waals surface area contributed by atoms with Gasteiger partial charge in [-0.15, -0.1) is 0 Å². The summed E-state index contributed by atoms with van der Waals surface area (Å²) >= 11 is 0. The lowest BCUT2D eigenvalue weighted by Crippen LogP contribution is -2.35. The van der Waals surface area contributed by atoms with Gasteiger partial charge in [0.15, 0.2) is 0 Å². The Morgan fingerprint density at radius 2 is 2.05 bits per heavy atom. The summed E-state index contributed by atoms with van der Waals surface area (Å²) in [4.78, 5) is 0. The maximum atomic E-state index is 10.9. The van der Waals surface area contributed by atoms with Crippen LogP contribution in [0.4, 0.5) is 0 Å². The normalized spacial score (nSPS) is 47.9. The average Bonchev–Trinajstić information content (AvgIpc) is 2.95. The maximum absolute atomic E-state index is 10.9. The van der Waals surface area contributed by atoms with E-state index in [0.29, 0.717) is 23.2 Å². The highest BCUT2D eigenvalue weighted by atomic mass is 16.3. The van der Waals surface area contributed by atoms with E-state index in [9.17, 15) is 5.11 Å². The first-order chi connectivity index (χ1) is 10.3. The number of allylic oxidation sites excluding steroid dienone is 2. The molecule has 3 aliphatic carbocycles. The Labute approximate surface area is 135 Å². The van der Waals surface area contributed by atoms with E-state index in [2.05, 4.69) is 26.5 Å². The summed E-state index contributed by atoms with van der Waals surface area (Å²) in [6.07, 6.45) is 8.89.